The van der Waals surface area contributed by atoms with Gasteiger partial charge in [0, 0.05) is 66.0 Å². The number of benzene rings is 2. The molecule has 198 valence electrons. The van der Waals surface area contributed by atoms with Crippen LogP contribution in [0.15, 0.2) is 73.3 Å². The number of aromatic nitrogens is 6. The van der Waals surface area contributed by atoms with Crippen LogP contribution >= 0.6 is 0 Å². The number of rotatable bonds is 4. The topological polar surface area (TPSA) is 78.2 Å². The van der Waals surface area contributed by atoms with Crippen LogP contribution in [0.1, 0.15) is 6.42 Å². The molecular weight excluding hydrogens is 510 g/mol. The molecular formula is C30H24F2N8. The fourth-order valence-electron chi connectivity index (χ4n) is 6.40. The molecule has 2 bridgehead atoms. The van der Waals surface area contributed by atoms with Crippen molar-refractivity contribution >= 4 is 22.2 Å². The Labute approximate surface area is 227 Å². The third-order valence-electron chi connectivity index (χ3n) is 8.38. The van der Waals surface area contributed by atoms with E-state index < -0.39 is 5.82 Å². The van der Waals surface area contributed by atoms with Crippen molar-refractivity contribution in [3.63, 3.8) is 0 Å². The third-order valence-corrected chi connectivity index (χ3v) is 8.38. The second-order valence-corrected chi connectivity index (χ2v) is 10.6. The van der Waals surface area contributed by atoms with E-state index in [4.69, 9.17) is 5.10 Å². The zero-order valence-corrected chi connectivity index (χ0v) is 21.6. The first-order chi connectivity index (χ1) is 19.6. The van der Waals surface area contributed by atoms with Gasteiger partial charge in [0.15, 0.2) is 5.65 Å². The molecule has 2 atom stereocenters. The molecule has 40 heavy (non-hydrogen) atoms. The molecule has 0 unspecified atom stereocenters. The number of likely N-dealkylation sites (tertiary alicyclic amines) is 1. The molecule has 8 rings (SSSR count). The third kappa shape index (κ3) is 3.39. The van der Waals surface area contributed by atoms with Gasteiger partial charge in [-0.3, -0.25) is 15.0 Å². The van der Waals surface area contributed by atoms with Crippen molar-refractivity contribution in [1.82, 2.24) is 34.7 Å². The molecule has 2 fully saturated rings. The molecule has 0 aliphatic carbocycles. The second-order valence-electron chi connectivity index (χ2n) is 10.6. The highest BCUT2D eigenvalue weighted by molar-refractivity contribution is 6.03. The summed E-state index contributed by atoms with van der Waals surface area (Å²) in [4.78, 5) is 13.5. The Morgan fingerprint density at radius 3 is 2.52 bits per heavy atom. The van der Waals surface area contributed by atoms with Crippen LogP contribution < -0.4 is 4.90 Å². The number of fused-ring (bicyclic) bond motifs is 4. The Kier molecular flexibility index (Phi) is 5.02. The molecule has 2 aromatic carbocycles. The van der Waals surface area contributed by atoms with Crippen molar-refractivity contribution in [3.05, 3.63) is 85.0 Å². The molecule has 6 heterocycles. The number of pyridine rings is 1. The molecule has 8 nitrogen and oxygen atoms in total. The summed E-state index contributed by atoms with van der Waals surface area (Å²) < 4.78 is 32.1. The van der Waals surface area contributed by atoms with E-state index in [9.17, 15) is 4.39 Å². The minimum atomic E-state index is -0.396. The van der Waals surface area contributed by atoms with Crippen LogP contribution in [0.25, 0.3) is 50.2 Å². The number of halogens is 2. The van der Waals surface area contributed by atoms with Crippen LogP contribution in [0.2, 0.25) is 0 Å². The molecule has 2 saturated heterocycles. The molecule has 0 radical (unpaired) electrons. The standard InChI is InChI=1S/C30H24F2N8/c1-38-15-20-12-19(38)16-39(20)18-2-3-22(25(32)13-18)26-8-11-34-30-27(21-4-5-24(31)29-23(21)14-35-36-29)28(37-40(26)30)17-6-9-33-10-7-17/h2-11,13-14,19-20H,12,15-16H2,1H3,(H,35,36)/t19-,20-/m0/s1. The molecule has 2 aliphatic rings. The monoisotopic (exact) mass is 534 g/mol. The number of H-pyrrole nitrogens is 1. The largest absolute Gasteiger partial charge is 0.366 e. The van der Waals surface area contributed by atoms with Crippen LogP contribution in [0.5, 0.6) is 0 Å². The molecule has 4 aromatic heterocycles. The van der Waals surface area contributed by atoms with Crippen LogP contribution in [0.3, 0.4) is 0 Å². The van der Waals surface area contributed by atoms with Gasteiger partial charge < -0.3 is 4.90 Å². The highest BCUT2D eigenvalue weighted by atomic mass is 19.1. The Morgan fingerprint density at radius 1 is 0.900 bits per heavy atom. The van der Waals surface area contributed by atoms with Gasteiger partial charge in [-0.05, 0) is 61.5 Å². The van der Waals surface area contributed by atoms with Crippen molar-refractivity contribution in [2.75, 3.05) is 25.0 Å². The van der Waals surface area contributed by atoms with Crippen LogP contribution in [0, 0.1) is 11.6 Å². The van der Waals surface area contributed by atoms with Crippen molar-refractivity contribution in [2.24, 2.45) is 0 Å². The summed E-state index contributed by atoms with van der Waals surface area (Å²) in [5.74, 6) is -0.713. The number of aromatic amines is 1. The summed E-state index contributed by atoms with van der Waals surface area (Å²) >= 11 is 0. The number of nitrogens with one attached hydrogen (secondary N) is 1. The second kappa shape index (κ2) is 8.65. The van der Waals surface area contributed by atoms with Crippen molar-refractivity contribution in [1.29, 1.82) is 0 Å². The number of hydrogen-bond donors (Lipinski definition) is 1. The summed E-state index contributed by atoms with van der Waals surface area (Å²) in [6, 6.07) is 15.0. The highest BCUT2D eigenvalue weighted by Gasteiger charge is 2.41. The lowest BCUT2D eigenvalue weighted by Crippen LogP contribution is -2.44. The molecule has 0 amide bonds. The average Bonchev–Trinajstić information content (AvgIpc) is 3.77. The maximum atomic E-state index is 15.8. The van der Waals surface area contributed by atoms with E-state index in [1.807, 2.05) is 24.3 Å². The smallest absolute Gasteiger partial charge is 0.164 e. The lowest BCUT2D eigenvalue weighted by atomic mass is 9.98. The van der Waals surface area contributed by atoms with E-state index in [2.05, 4.69) is 37.0 Å². The van der Waals surface area contributed by atoms with Crippen molar-refractivity contribution in [3.8, 4) is 33.6 Å². The van der Waals surface area contributed by atoms with Gasteiger partial charge >= 0.3 is 0 Å². The number of anilines is 1. The molecule has 0 spiro atoms. The first kappa shape index (κ1) is 23.2. The quantitative estimate of drug-likeness (QED) is 0.336. The van der Waals surface area contributed by atoms with E-state index in [0.717, 1.165) is 36.3 Å². The Morgan fingerprint density at radius 2 is 1.75 bits per heavy atom. The van der Waals surface area contributed by atoms with E-state index >= 15 is 4.39 Å². The van der Waals surface area contributed by atoms with E-state index in [-0.39, 0.29) is 5.82 Å². The number of likely N-dealkylation sites (N-methyl/N-ethyl adjacent to an activating group) is 1. The predicted octanol–water partition coefficient (Wildman–Crippen LogP) is 5.17. The zero-order chi connectivity index (χ0) is 27.0. The minimum Gasteiger partial charge on any atom is -0.366 e. The van der Waals surface area contributed by atoms with Gasteiger partial charge in [-0.25, -0.2) is 18.3 Å². The van der Waals surface area contributed by atoms with Gasteiger partial charge in [-0.2, -0.15) is 10.2 Å². The van der Waals surface area contributed by atoms with Crippen LogP contribution in [-0.4, -0.2) is 66.9 Å². The van der Waals surface area contributed by atoms with Gasteiger partial charge in [-0.1, -0.05) is 6.07 Å². The number of hydrogen-bond acceptors (Lipinski definition) is 6. The molecule has 6 aromatic rings. The minimum absolute atomic E-state index is 0.303. The fraction of sp³-hybridized carbons (Fsp3) is 0.200. The Hall–Kier alpha value is -4.70. The van der Waals surface area contributed by atoms with Crippen LogP contribution in [0.4, 0.5) is 14.5 Å². The van der Waals surface area contributed by atoms with E-state index in [1.54, 1.807) is 47.5 Å². The highest BCUT2D eigenvalue weighted by Crippen LogP contribution is 2.40. The van der Waals surface area contributed by atoms with Gasteiger partial charge in [0.2, 0.25) is 0 Å². The molecule has 1 N–H and O–H groups in total. The first-order valence-electron chi connectivity index (χ1n) is 13.2. The summed E-state index contributed by atoms with van der Waals surface area (Å²) in [6.45, 7) is 1.91. The van der Waals surface area contributed by atoms with Crippen molar-refractivity contribution in [2.45, 2.75) is 18.5 Å². The summed E-state index contributed by atoms with van der Waals surface area (Å²) in [6.07, 6.45) is 7.75. The summed E-state index contributed by atoms with van der Waals surface area (Å²) in [5.41, 5.74) is 5.61. The SMILES string of the molecule is CN1C[C@@H]2C[C@H]1CN2c1ccc(-c2ccnc3c(-c4ccc(F)c5[nH]ncc45)c(-c4ccncc4)nn23)c(F)c1. The van der Waals surface area contributed by atoms with Gasteiger partial charge in [0.1, 0.15) is 22.8 Å². The lowest BCUT2D eigenvalue weighted by molar-refractivity contribution is 0.292. The predicted molar refractivity (Wildman–Crippen MR) is 149 cm³/mol. The Bertz CT molecular complexity index is 1910. The summed E-state index contributed by atoms with van der Waals surface area (Å²) in [5, 5.41) is 12.4. The van der Waals surface area contributed by atoms with Crippen LogP contribution in [-0.2, 0) is 0 Å². The molecule has 2 aliphatic heterocycles. The zero-order valence-electron chi connectivity index (χ0n) is 21.6. The van der Waals surface area contributed by atoms with E-state index in [1.165, 1.54) is 6.07 Å². The first-order valence-corrected chi connectivity index (χ1v) is 13.2. The normalized spacial score (nSPS) is 18.9. The van der Waals surface area contributed by atoms with Gasteiger partial charge in [0.05, 0.1) is 17.5 Å². The van der Waals surface area contributed by atoms with Gasteiger partial charge in [-0.15, -0.1) is 0 Å². The van der Waals surface area contributed by atoms with E-state index in [0.29, 0.717) is 51.1 Å². The number of piperazine rings is 1. The number of nitrogens with zero attached hydrogens (tertiary/aromatic N) is 7. The lowest BCUT2D eigenvalue weighted by Gasteiger charge is -2.33. The average molecular weight is 535 g/mol. The maximum absolute atomic E-state index is 15.8. The Balaban J connectivity index is 1.31. The fourth-order valence-corrected chi connectivity index (χ4v) is 6.40. The van der Waals surface area contributed by atoms with Crippen molar-refractivity contribution < 1.29 is 8.78 Å². The maximum Gasteiger partial charge on any atom is 0.164 e. The molecule has 0 saturated carbocycles. The van der Waals surface area contributed by atoms with Gasteiger partial charge in [0.25, 0.3) is 0 Å². The summed E-state index contributed by atoms with van der Waals surface area (Å²) in [7, 11) is 2.16. The molecule has 10 heteroatoms.